The zero-order valence-electron chi connectivity index (χ0n) is 10.7. The molecule has 1 heterocycles. The monoisotopic (exact) mass is 366 g/mol. The first kappa shape index (κ1) is 15.7. The zero-order chi connectivity index (χ0) is 14.8. The molecule has 0 aliphatic carbocycles. The van der Waals surface area contributed by atoms with E-state index in [1.54, 1.807) is 0 Å². The van der Waals surface area contributed by atoms with E-state index in [0.29, 0.717) is 13.0 Å². The third kappa shape index (κ3) is 3.69. The second-order valence-electron chi connectivity index (χ2n) is 4.64. The molecule has 1 saturated heterocycles. The van der Waals surface area contributed by atoms with Gasteiger partial charge in [-0.25, -0.2) is 17.5 Å². The molecule has 20 heavy (non-hydrogen) atoms. The molecule has 1 aliphatic rings. The molecule has 0 amide bonds. The van der Waals surface area contributed by atoms with E-state index in [-0.39, 0.29) is 22.8 Å². The summed E-state index contributed by atoms with van der Waals surface area (Å²) in [6.45, 7) is 0.924. The van der Waals surface area contributed by atoms with Crippen molar-refractivity contribution >= 4 is 31.6 Å². The van der Waals surface area contributed by atoms with Crippen molar-refractivity contribution in [2.75, 3.05) is 18.9 Å². The molecule has 1 unspecified atom stereocenters. The molecular formula is C12H16BrFN2O3S. The lowest BCUT2D eigenvalue weighted by Crippen LogP contribution is -2.28. The molecule has 0 spiro atoms. The Labute approximate surface area is 125 Å². The van der Waals surface area contributed by atoms with Crippen LogP contribution in [0.4, 0.5) is 10.1 Å². The van der Waals surface area contributed by atoms with Gasteiger partial charge in [-0.2, -0.15) is 0 Å². The minimum Gasteiger partial charge on any atom is -0.399 e. The fourth-order valence-corrected chi connectivity index (χ4v) is 3.87. The third-order valence-electron chi connectivity index (χ3n) is 3.09. The van der Waals surface area contributed by atoms with Crippen LogP contribution in [0.15, 0.2) is 21.5 Å². The molecule has 1 aliphatic heterocycles. The maximum Gasteiger partial charge on any atom is 0.243 e. The fraction of sp³-hybridized carbons (Fsp3) is 0.500. The highest BCUT2D eigenvalue weighted by atomic mass is 79.9. The lowest BCUT2D eigenvalue weighted by Gasteiger charge is -2.12. The molecule has 0 bridgehead atoms. The second-order valence-corrected chi connectivity index (χ2v) is 7.23. The molecule has 3 N–H and O–H groups in total. The van der Waals surface area contributed by atoms with Crippen LogP contribution < -0.4 is 10.5 Å². The number of hydrogen-bond donors (Lipinski definition) is 2. The van der Waals surface area contributed by atoms with E-state index in [9.17, 15) is 12.8 Å². The van der Waals surface area contributed by atoms with Gasteiger partial charge in [-0.1, -0.05) is 0 Å². The van der Waals surface area contributed by atoms with E-state index in [1.165, 1.54) is 6.07 Å². The summed E-state index contributed by atoms with van der Waals surface area (Å²) in [4.78, 5) is -0.447. The number of nitrogen functional groups attached to an aromatic ring is 1. The number of nitrogens with two attached hydrogens (primary N) is 1. The molecule has 0 aromatic heterocycles. The van der Waals surface area contributed by atoms with Gasteiger partial charge in [0, 0.05) is 18.8 Å². The molecule has 1 aromatic carbocycles. The van der Waals surface area contributed by atoms with E-state index in [2.05, 4.69) is 20.7 Å². The SMILES string of the molecule is Nc1cc(Br)c(F)c(S(=O)(=O)NCCC2CCCO2)c1. The van der Waals surface area contributed by atoms with Gasteiger partial charge >= 0.3 is 0 Å². The van der Waals surface area contributed by atoms with Crippen LogP contribution >= 0.6 is 15.9 Å². The molecular weight excluding hydrogens is 351 g/mol. The highest BCUT2D eigenvalue weighted by Crippen LogP contribution is 2.26. The Morgan fingerprint density at radius 2 is 2.25 bits per heavy atom. The molecule has 2 rings (SSSR count). The van der Waals surface area contributed by atoms with E-state index in [4.69, 9.17) is 10.5 Å². The normalized spacial score (nSPS) is 19.4. The van der Waals surface area contributed by atoms with Crippen LogP contribution in [0.25, 0.3) is 0 Å². The van der Waals surface area contributed by atoms with Gasteiger partial charge < -0.3 is 10.5 Å². The second kappa shape index (κ2) is 6.38. The average molecular weight is 367 g/mol. The summed E-state index contributed by atoms with van der Waals surface area (Å²) in [7, 11) is -3.92. The van der Waals surface area contributed by atoms with Gasteiger partial charge in [0.25, 0.3) is 0 Å². The van der Waals surface area contributed by atoms with Crippen molar-refractivity contribution in [1.29, 1.82) is 0 Å². The Balaban J connectivity index is 2.06. The van der Waals surface area contributed by atoms with Gasteiger partial charge in [0.1, 0.15) is 4.90 Å². The Hall–Kier alpha value is -0.700. The number of nitrogens with one attached hydrogen (secondary N) is 1. The smallest absolute Gasteiger partial charge is 0.243 e. The number of benzene rings is 1. The number of ether oxygens (including phenoxy) is 1. The molecule has 0 saturated carbocycles. The quantitative estimate of drug-likeness (QED) is 0.781. The fourth-order valence-electron chi connectivity index (χ4n) is 2.08. The summed E-state index contributed by atoms with van der Waals surface area (Å²) < 4.78 is 45.8. The maximum absolute atomic E-state index is 13.9. The minimum atomic E-state index is -3.92. The van der Waals surface area contributed by atoms with Gasteiger partial charge in [-0.05, 0) is 47.3 Å². The van der Waals surface area contributed by atoms with Crippen LogP contribution in [0.1, 0.15) is 19.3 Å². The summed E-state index contributed by atoms with van der Waals surface area (Å²) in [5, 5.41) is 0. The summed E-state index contributed by atoms with van der Waals surface area (Å²) in [6, 6.07) is 2.43. The van der Waals surface area contributed by atoms with E-state index < -0.39 is 20.7 Å². The van der Waals surface area contributed by atoms with Crippen molar-refractivity contribution in [3.8, 4) is 0 Å². The first-order chi connectivity index (χ1) is 9.40. The van der Waals surface area contributed by atoms with Crippen molar-refractivity contribution < 1.29 is 17.5 Å². The largest absolute Gasteiger partial charge is 0.399 e. The van der Waals surface area contributed by atoms with Crippen LogP contribution in [-0.2, 0) is 14.8 Å². The molecule has 5 nitrogen and oxygen atoms in total. The zero-order valence-corrected chi connectivity index (χ0v) is 13.1. The summed E-state index contributed by atoms with van der Waals surface area (Å²) in [6.07, 6.45) is 2.58. The van der Waals surface area contributed by atoms with Gasteiger partial charge in [-0.3, -0.25) is 0 Å². The van der Waals surface area contributed by atoms with Gasteiger partial charge in [0.15, 0.2) is 5.82 Å². The standard InChI is InChI=1S/C12H16BrFN2O3S/c13-10-6-8(15)7-11(12(10)14)20(17,18)16-4-3-9-2-1-5-19-9/h6-7,9,16H,1-5,15H2. The topological polar surface area (TPSA) is 81.4 Å². The van der Waals surface area contributed by atoms with E-state index >= 15 is 0 Å². The van der Waals surface area contributed by atoms with Crippen LogP contribution in [0, 0.1) is 5.82 Å². The number of halogens is 2. The molecule has 0 radical (unpaired) electrons. The number of anilines is 1. The third-order valence-corrected chi connectivity index (χ3v) is 5.13. The van der Waals surface area contributed by atoms with E-state index in [0.717, 1.165) is 18.9 Å². The van der Waals surface area contributed by atoms with Gasteiger partial charge in [0.2, 0.25) is 10.0 Å². The van der Waals surface area contributed by atoms with E-state index in [1.807, 2.05) is 0 Å². The number of hydrogen-bond acceptors (Lipinski definition) is 4. The minimum absolute atomic E-state index is 0.0250. The molecule has 1 aromatic rings. The van der Waals surface area contributed by atoms with Gasteiger partial charge in [-0.15, -0.1) is 0 Å². The highest BCUT2D eigenvalue weighted by molar-refractivity contribution is 9.10. The number of rotatable bonds is 5. The van der Waals surface area contributed by atoms with Crippen molar-refractivity contribution in [3.63, 3.8) is 0 Å². The van der Waals surface area contributed by atoms with Crippen LogP contribution in [0.5, 0.6) is 0 Å². The van der Waals surface area contributed by atoms with Crippen molar-refractivity contribution in [2.24, 2.45) is 0 Å². The Kier molecular flexibility index (Phi) is 5.00. The lowest BCUT2D eigenvalue weighted by molar-refractivity contribution is 0.105. The summed E-state index contributed by atoms with van der Waals surface area (Å²) in [5.41, 5.74) is 5.72. The predicted octanol–water partition coefficient (Wildman–Crippen LogP) is 2.02. The van der Waals surface area contributed by atoms with Crippen molar-refractivity contribution in [1.82, 2.24) is 4.72 Å². The maximum atomic E-state index is 13.9. The first-order valence-electron chi connectivity index (χ1n) is 6.26. The summed E-state index contributed by atoms with van der Waals surface area (Å²) in [5.74, 6) is -0.844. The Bertz CT molecular complexity index is 589. The summed E-state index contributed by atoms with van der Waals surface area (Å²) >= 11 is 2.94. The van der Waals surface area contributed by atoms with Crippen LogP contribution in [-0.4, -0.2) is 27.7 Å². The molecule has 112 valence electrons. The van der Waals surface area contributed by atoms with Crippen molar-refractivity contribution in [3.05, 3.63) is 22.4 Å². The Morgan fingerprint density at radius 1 is 1.50 bits per heavy atom. The van der Waals surface area contributed by atoms with Gasteiger partial charge in [0.05, 0.1) is 10.6 Å². The van der Waals surface area contributed by atoms with Crippen LogP contribution in [0.2, 0.25) is 0 Å². The first-order valence-corrected chi connectivity index (χ1v) is 8.53. The highest BCUT2D eigenvalue weighted by Gasteiger charge is 2.22. The molecule has 1 fully saturated rings. The average Bonchev–Trinajstić information content (AvgIpc) is 2.86. The van der Waals surface area contributed by atoms with Crippen molar-refractivity contribution in [2.45, 2.75) is 30.3 Å². The molecule has 8 heteroatoms. The van der Waals surface area contributed by atoms with Crippen LogP contribution in [0.3, 0.4) is 0 Å². The molecule has 1 atom stereocenters. The number of sulfonamides is 1. The lowest BCUT2D eigenvalue weighted by atomic mass is 10.2. The Morgan fingerprint density at radius 3 is 2.90 bits per heavy atom. The predicted molar refractivity (Wildman–Crippen MR) is 77.3 cm³/mol.